The van der Waals surface area contributed by atoms with Crippen molar-refractivity contribution in [3.05, 3.63) is 114 Å². The largest absolute Gasteiger partial charge is 0.460 e. The number of sulfonamides is 1. The highest BCUT2D eigenvalue weighted by Gasteiger charge is 2.66. The predicted molar refractivity (Wildman–Crippen MR) is 242 cm³/mol. The van der Waals surface area contributed by atoms with Gasteiger partial charge >= 0.3 is 0 Å². The zero-order valence-electron chi connectivity index (χ0n) is 36.7. The number of rotatable bonds is 18. The molecule has 63 heavy (non-hydrogen) atoms. The lowest BCUT2D eigenvalue weighted by Crippen LogP contribution is -2.69. The summed E-state index contributed by atoms with van der Waals surface area (Å²) in [5.41, 5.74) is 5.07. The summed E-state index contributed by atoms with van der Waals surface area (Å²) >= 11 is 0. The number of pyridine rings is 1. The van der Waals surface area contributed by atoms with Gasteiger partial charge in [0.2, 0.25) is 22.1 Å². The molecular formula is C50H61N3O9S. The Bertz CT molecular complexity index is 2430. The van der Waals surface area contributed by atoms with E-state index in [0.717, 1.165) is 55.2 Å². The molecule has 8 rings (SSSR count). The van der Waals surface area contributed by atoms with Crippen LogP contribution in [0.3, 0.4) is 0 Å². The molecule has 0 spiro atoms. The standard InChI is InChI=1S/C50H61N3O9S/c1-5-27-59-50-45(53(4)63(56,57)44-18-12-15-35-16-13-24-51-49(35)44)32-42(52-62-46-19-8-11-28-58-46)40-30-36(14-6-9-25-54)39(17-7-10-26-55)47(48(40)50)41-31-38(22-23-43(41)61-50)60-37-21-20-33(2)34(3)29-37/h5,12-13,15-16,18,20-24,29-31,36,39,45-48,54-55H,1,6-11,14,17,19,25-28,32H2,2-4H3. The first-order valence-corrected chi connectivity index (χ1v) is 24.0. The fourth-order valence-corrected chi connectivity index (χ4v) is 11.7. The topological polar surface area (TPSA) is 149 Å². The lowest BCUT2D eigenvalue weighted by molar-refractivity contribution is -0.250. The molecule has 7 atom stereocenters. The minimum Gasteiger partial charge on any atom is -0.460 e. The van der Waals surface area contributed by atoms with Crippen molar-refractivity contribution in [3.63, 3.8) is 0 Å². The van der Waals surface area contributed by atoms with Crippen molar-refractivity contribution < 1.29 is 42.4 Å². The van der Waals surface area contributed by atoms with Crippen LogP contribution in [0.25, 0.3) is 10.9 Å². The van der Waals surface area contributed by atoms with Gasteiger partial charge in [0.25, 0.3) is 0 Å². The minimum atomic E-state index is -4.27. The number of fused-ring (bicyclic) bond motifs is 3. The van der Waals surface area contributed by atoms with Gasteiger partial charge in [0.1, 0.15) is 22.1 Å². The Labute approximate surface area is 371 Å². The maximum Gasteiger partial charge on any atom is 0.245 e. The number of ether oxygens (including phenoxy) is 4. The second-order valence-electron chi connectivity index (χ2n) is 17.4. The molecule has 3 aromatic carbocycles. The van der Waals surface area contributed by atoms with Crippen molar-refractivity contribution >= 4 is 26.6 Å². The monoisotopic (exact) mass is 879 g/mol. The summed E-state index contributed by atoms with van der Waals surface area (Å²) in [4.78, 5) is 10.9. The molecule has 2 aliphatic carbocycles. The van der Waals surface area contributed by atoms with E-state index in [1.165, 1.54) is 9.87 Å². The van der Waals surface area contributed by atoms with E-state index in [-0.39, 0.29) is 48.9 Å². The van der Waals surface area contributed by atoms with Crippen molar-refractivity contribution in [1.29, 1.82) is 0 Å². The lowest BCUT2D eigenvalue weighted by Gasteiger charge is -2.59. The maximum atomic E-state index is 15.2. The molecule has 0 amide bonds. The van der Waals surface area contributed by atoms with E-state index >= 15 is 8.42 Å². The number of hydrogen-bond donors (Lipinski definition) is 2. The molecule has 3 heterocycles. The molecule has 1 saturated heterocycles. The third kappa shape index (κ3) is 9.06. The van der Waals surface area contributed by atoms with Gasteiger partial charge in [-0.2, -0.15) is 4.31 Å². The third-order valence-electron chi connectivity index (χ3n) is 13.5. The number of allylic oxidation sites excluding steroid dienone is 1. The van der Waals surface area contributed by atoms with Gasteiger partial charge in [-0.1, -0.05) is 54.4 Å². The van der Waals surface area contributed by atoms with E-state index < -0.39 is 34.1 Å². The van der Waals surface area contributed by atoms with Gasteiger partial charge in [-0.25, -0.2) is 8.42 Å². The summed E-state index contributed by atoms with van der Waals surface area (Å²) < 4.78 is 58.8. The molecule has 13 heteroatoms. The van der Waals surface area contributed by atoms with E-state index in [0.29, 0.717) is 59.7 Å². The van der Waals surface area contributed by atoms with Crippen molar-refractivity contribution in [1.82, 2.24) is 9.29 Å². The van der Waals surface area contributed by atoms with Gasteiger partial charge in [0.15, 0.2) is 0 Å². The number of aryl methyl sites for hydroxylation is 2. The van der Waals surface area contributed by atoms with Crippen LogP contribution in [-0.2, 0) is 24.3 Å². The number of nitrogens with zero attached hydrogens (tertiary/aromatic N) is 3. The van der Waals surface area contributed by atoms with Crippen molar-refractivity contribution in [2.24, 2.45) is 22.9 Å². The molecule has 0 bridgehead atoms. The number of benzene rings is 3. The van der Waals surface area contributed by atoms with E-state index in [2.05, 4.69) is 37.6 Å². The van der Waals surface area contributed by atoms with Crippen LogP contribution in [0.1, 0.15) is 86.8 Å². The third-order valence-corrected chi connectivity index (χ3v) is 15.4. The van der Waals surface area contributed by atoms with Gasteiger partial charge in [0.05, 0.1) is 36.4 Å². The molecule has 4 aliphatic rings. The highest BCUT2D eigenvalue weighted by Crippen LogP contribution is 2.62. The Morgan fingerprint density at radius 2 is 1.75 bits per heavy atom. The fourth-order valence-electron chi connectivity index (χ4n) is 10.2. The first-order chi connectivity index (χ1) is 30.6. The van der Waals surface area contributed by atoms with Crippen molar-refractivity contribution in [3.8, 4) is 17.2 Å². The second-order valence-corrected chi connectivity index (χ2v) is 19.3. The van der Waals surface area contributed by atoms with Crippen molar-refractivity contribution in [2.45, 2.75) is 107 Å². The van der Waals surface area contributed by atoms with Crippen LogP contribution in [0, 0.1) is 31.6 Å². The molecular weight excluding hydrogens is 819 g/mol. The zero-order chi connectivity index (χ0) is 44.1. The second kappa shape index (κ2) is 19.6. The van der Waals surface area contributed by atoms with Crippen LogP contribution < -0.4 is 9.47 Å². The zero-order valence-corrected chi connectivity index (χ0v) is 37.5. The van der Waals surface area contributed by atoms with Crippen LogP contribution >= 0.6 is 0 Å². The predicted octanol–water partition coefficient (Wildman–Crippen LogP) is 9.12. The number of likely N-dealkylation sites (N-methyl/N-ethyl adjacent to an activating group) is 1. The average Bonchev–Trinajstić information content (AvgIpc) is 3.30. The van der Waals surface area contributed by atoms with Gasteiger partial charge in [-0.3, -0.25) is 4.98 Å². The summed E-state index contributed by atoms with van der Waals surface area (Å²) in [6.45, 7) is 8.97. The number of para-hydroxylation sites is 1. The van der Waals surface area contributed by atoms with Gasteiger partial charge in [-0.05, 0) is 123 Å². The molecule has 12 nitrogen and oxygen atoms in total. The van der Waals surface area contributed by atoms with Gasteiger partial charge in [0, 0.05) is 56.2 Å². The molecule has 336 valence electrons. The van der Waals surface area contributed by atoms with E-state index in [9.17, 15) is 10.2 Å². The highest BCUT2D eigenvalue weighted by atomic mass is 32.2. The Balaban J connectivity index is 1.34. The number of aliphatic hydroxyl groups excluding tert-OH is 2. The Kier molecular flexibility index (Phi) is 14.0. The summed E-state index contributed by atoms with van der Waals surface area (Å²) in [5.74, 6) is -0.459. The maximum absolute atomic E-state index is 15.2. The average molecular weight is 880 g/mol. The van der Waals surface area contributed by atoms with E-state index in [4.69, 9.17) is 28.9 Å². The van der Waals surface area contributed by atoms with Crippen LogP contribution in [0.4, 0.5) is 0 Å². The number of oxime groups is 1. The molecule has 4 aromatic rings. The Morgan fingerprint density at radius 3 is 2.51 bits per heavy atom. The Morgan fingerprint density at radius 1 is 0.968 bits per heavy atom. The molecule has 0 radical (unpaired) electrons. The fraction of sp³-hybridized carbons (Fsp3) is 0.480. The lowest BCUT2D eigenvalue weighted by atomic mass is 9.55. The number of aliphatic hydroxyl groups is 2. The van der Waals surface area contributed by atoms with Gasteiger partial charge in [-0.15, -0.1) is 6.58 Å². The van der Waals surface area contributed by atoms with Crippen molar-refractivity contribution in [2.75, 3.05) is 33.5 Å². The Hall–Kier alpha value is -4.63. The summed E-state index contributed by atoms with van der Waals surface area (Å²) in [5, 5.41) is 25.5. The van der Waals surface area contributed by atoms with Crippen LogP contribution in [0.5, 0.6) is 17.2 Å². The van der Waals surface area contributed by atoms with Gasteiger partial charge < -0.3 is 34.0 Å². The molecule has 2 aliphatic heterocycles. The first-order valence-electron chi connectivity index (χ1n) is 22.5. The smallest absolute Gasteiger partial charge is 0.245 e. The molecule has 7 unspecified atom stereocenters. The number of unbranched alkanes of at least 4 members (excludes halogenated alkanes) is 2. The summed E-state index contributed by atoms with van der Waals surface area (Å²) in [6, 6.07) is 19.8. The first kappa shape index (κ1) is 45.0. The van der Waals surface area contributed by atoms with Crippen LogP contribution in [-0.4, -0.2) is 85.2 Å². The quantitative estimate of drug-likeness (QED) is 0.0563. The number of aromatic nitrogens is 1. The normalized spacial score (nSPS) is 26.1. The molecule has 1 saturated carbocycles. The summed E-state index contributed by atoms with van der Waals surface area (Å²) in [7, 11) is -2.68. The van der Waals surface area contributed by atoms with Crippen LogP contribution in [0.15, 0.2) is 107 Å². The molecule has 2 N–H and O–H groups in total. The minimum absolute atomic E-state index is 0.00185. The highest BCUT2D eigenvalue weighted by molar-refractivity contribution is 7.89. The number of hydrogen-bond acceptors (Lipinski definition) is 11. The SMILES string of the molecule is C=CCOC12Oc3ccc(Oc4ccc(C)c(C)c4)cc3C3C(CCCCO)C(CCCCO)C=C(C(=NOC4CCCCO4)CC1N(C)S(=O)(=O)c1cccc4cccnc14)C32. The summed E-state index contributed by atoms with van der Waals surface area (Å²) in [6.07, 6.45) is 12.2. The van der Waals surface area contributed by atoms with E-state index in [1.807, 2.05) is 42.5 Å². The molecule has 1 aromatic heterocycles. The molecule has 2 fully saturated rings. The van der Waals surface area contributed by atoms with E-state index in [1.54, 1.807) is 37.5 Å². The van der Waals surface area contributed by atoms with Crippen LogP contribution in [0.2, 0.25) is 0 Å².